The number of methoxy groups -OCH3 is 1. The number of rotatable bonds is 2. The zero-order chi connectivity index (χ0) is 18.2. The maximum Gasteiger partial charge on any atom is 0.411 e. The molecule has 1 fully saturated rings. The third-order valence-electron chi connectivity index (χ3n) is 4.28. The minimum atomic E-state index is -0.549. The van der Waals surface area contributed by atoms with Crippen LogP contribution in [0.3, 0.4) is 0 Å². The molecule has 0 aliphatic carbocycles. The lowest BCUT2D eigenvalue weighted by molar-refractivity contribution is -0.0510. The standard InChI is InChI=1S/C19H24FNO4/c1-19(2,3)25-18(22)21-15-6-13(7-16(21)11-24-10-15)12-5-14(20)9-17(8-12)23-4/h5-6,8-9,15-16H,7,10-11H2,1-4H3. The van der Waals surface area contributed by atoms with Crippen molar-refractivity contribution in [2.45, 2.75) is 44.9 Å². The van der Waals surface area contributed by atoms with Crippen LogP contribution in [0.4, 0.5) is 9.18 Å². The Morgan fingerprint density at radius 1 is 1.28 bits per heavy atom. The van der Waals surface area contributed by atoms with Crippen molar-refractivity contribution < 1.29 is 23.4 Å². The number of nitrogens with zero attached hydrogens (tertiary/aromatic N) is 1. The summed E-state index contributed by atoms with van der Waals surface area (Å²) in [6, 6.07) is 4.32. The number of carbonyl (C=O) groups excluding carboxylic acids is 1. The van der Waals surface area contributed by atoms with Crippen molar-refractivity contribution in [3.05, 3.63) is 35.7 Å². The number of fused-ring (bicyclic) bond motifs is 2. The van der Waals surface area contributed by atoms with Gasteiger partial charge in [-0.1, -0.05) is 6.08 Å². The fraction of sp³-hybridized carbons (Fsp3) is 0.526. The highest BCUT2D eigenvalue weighted by molar-refractivity contribution is 5.75. The van der Waals surface area contributed by atoms with E-state index in [-0.39, 0.29) is 24.0 Å². The van der Waals surface area contributed by atoms with Gasteiger partial charge in [-0.3, -0.25) is 4.90 Å². The van der Waals surface area contributed by atoms with E-state index in [9.17, 15) is 9.18 Å². The lowest BCUT2D eigenvalue weighted by atomic mass is 9.90. The van der Waals surface area contributed by atoms with Crippen LogP contribution in [-0.2, 0) is 9.47 Å². The first-order valence-electron chi connectivity index (χ1n) is 8.41. The lowest BCUT2D eigenvalue weighted by Crippen LogP contribution is -2.57. The summed E-state index contributed by atoms with van der Waals surface area (Å²) in [6.45, 7) is 6.40. The highest BCUT2D eigenvalue weighted by atomic mass is 19.1. The second-order valence-electron chi connectivity index (χ2n) is 7.42. The molecule has 2 bridgehead atoms. The summed E-state index contributed by atoms with van der Waals surface area (Å²) in [7, 11) is 1.51. The number of carbonyl (C=O) groups is 1. The molecule has 2 aliphatic heterocycles. The fourth-order valence-electron chi connectivity index (χ4n) is 3.28. The van der Waals surface area contributed by atoms with E-state index in [1.54, 1.807) is 4.90 Å². The van der Waals surface area contributed by atoms with Gasteiger partial charge in [-0.25, -0.2) is 9.18 Å². The number of ether oxygens (including phenoxy) is 3. The van der Waals surface area contributed by atoms with Crippen LogP contribution in [0.2, 0.25) is 0 Å². The average Bonchev–Trinajstić information content (AvgIpc) is 2.51. The van der Waals surface area contributed by atoms with E-state index in [2.05, 4.69) is 0 Å². The first kappa shape index (κ1) is 17.7. The van der Waals surface area contributed by atoms with Gasteiger partial charge in [0.2, 0.25) is 0 Å². The molecule has 1 aromatic carbocycles. The minimum Gasteiger partial charge on any atom is -0.497 e. The molecule has 2 atom stereocenters. The molecular formula is C19H24FNO4. The van der Waals surface area contributed by atoms with Crippen LogP contribution >= 0.6 is 0 Å². The molecule has 136 valence electrons. The first-order chi connectivity index (χ1) is 11.8. The van der Waals surface area contributed by atoms with E-state index in [4.69, 9.17) is 14.2 Å². The van der Waals surface area contributed by atoms with Gasteiger partial charge in [-0.05, 0) is 50.5 Å². The molecule has 1 amide bonds. The van der Waals surface area contributed by atoms with Gasteiger partial charge in [0.25, 0.3) is 0 Å². The quantitative estimate of drug-likeness (QED) is 0.818. The van der Waals surface area contributed by atoms with Gasteiger partial charge in [0.05, 0.1) is 32.4 Å². The third-order valence-corrected chi connectivity index (χ3v) is 4.28. The Kier molecular flexibility index (Phi) is 4.73. The molecular weight excluding hydrogens is 325 g/mol. The molecule has 0 N–H and O–H groups in total. The van der Waals surface area contributed by atoms with E-state index in [1.165, 1.54) is 19.2 Å². The smallest absolute Gasteiger partial charge is 0.411 e. The number of hydrogen-bond donors (Lipinski definition) is 0. The van der Waals surface area contributed by atoms with Crippen LogP contribution in [0.5, 0.6) is 5.75 Å². The van der Waals surface area contributed by atoms with E-state index in [0.717, 1.165) is 11.1 Å². The van der Waals surface area contributed by atoms with Crippen LogP contribution in [0.25, 0.3) is 5.57 Å². The molecule has 0 radical (unpaired) electrons. The van der Waals surface area contributed by atoms with E-state index in [0.29, 0.717) is 25.4 Å². The zero-order valence-electron chi connectivity index (χ0n) is 15.0. The number of amides is 1. The van der Waals surface area contributed by atoms with Crippen molar-refractivity contribution in [1.29, 1.82) is 0 Å². The summed E-state index contributed by atoms with van der Waals surface area (Å²) in [6.07, 6.45) is 2.22. The van der Waals surface area contributed by atoms with Gasteiger partial charge >= 0.3 is 6.09 Å². The third kappa shape index (κ3) is 3.95. The minimum absolute atomic E-state index is 0.122. The second kappa shape index (κ2) is 6.67. The first-order valence-corrected chi connectivity index (χ1v) is 8.41. The van der Waals surface area contributed by atoms with Crippen LogP contribution in [0.1, 0.15) is 32.8 Å². The molecule has 2 heterocycles. The Morgan fingerprint density at radius 2 is 2.04 bits per heavy atom. The van der Waals surface area contributed by atoms with Gasteiger partial charge in [-0.15, -0.1) is 0 Å². The van der Waals surface area contributed by atoms with Gasteiger partial charge < -0.3 is 14.2 Å². The largest absolute Gasteiger partial charge is 0.497 e. The van der Waals surface area contributed by atoms with Crippen molar-refractivity contribution in [2.75, 3.05) is 20.3 Å². The van der Waals surface area contributed by atoms with Crippen molar-refractivity contribution in [3.8, 4) is 5.75 Å². The topological polar surface area (TPSA) is 48.0 Å². The van der Waals surface area contributed by atoms with Crippen LogP contribution in [0.15, 0.2) is 24.3 Å². The molecule has 2 aliphatic rings. The molecule has 1 saturated heterocycles. The highest BCUT2D eigenvalue weighted by Gasteiger charge is 2.40. The molecule has 6 heteroatoms. The summed E-state index contributed by atoms with van der Waals surface area (Å²) in [5.41, 5.74) is 1.22. The Labute approximate surface area is 147 Å². The van der Waals surface area contributed by atoms with E-state index >= 15 is 0 Å². The number of benzene rings is 1. The van der Waals surface area contributed by atoms with Crippen molar-refractivity contribution in [1.82, 2.24) is 4.90 Å². The number of halogens is 1. The van der Waals surface area contributed by atoms with Gasteiger partial charge in [0.1, 0.15) is 17.2 Å². The van der Waals surface area contributed by atoms with Crippen LogP contribution in [0, 0.1) is 5.82 Å². The summed E-state index contributed by atoms with van der Waals surface area (Å²) >= 11 is 0. The Bertz CT molecular complexity index is 695. The predicted molar refractivity (Wildman–Crippen MR) is 92.0 cm³/mol. The lowest BCUT2D eigenvalue weighted by Gasteiger charge is -2.44. The average molecular weight is 349 g/mol. The molecule has 2 unspecified atom stereocenters. The Morgan fingerprint density at radius 3 is 2.68 bits per heavy atom. The molecule has 5 nitrogen and oxygen atoms in total. The SMILES string of the molecule is COc1cc(F)cc(C2=CC3COCC(C2)N3C(=O)OC(C)(C)C)c1. The number of hydrogen-bond acceptors (Lipinski definition) is 4. The second-order valence-corrected chi connectivity index (χ2v) is 7.42. The zero-order valence-corrected chi connectivity index (χ0v) is 15.0. The van der Waals surface area contributed by atoms with Crippen molar-refractivity contribution in [2.24, 2.45) is 0 Å². The maximum absolute atomic E-state index is 13.8. The van der Waals surface area contributed by atoms with Crippen LogP contribution in [-0.4, -0.2) is 49.0 Å². The van der Waals surface area contributed by atoms with Crippen LogP contribution < -0.4 is 4.74 Å². The number of morpholine rings is 1. The van der Waals surface area contributed by atoms with Gasteiger partial charge in [0.15, 0.2) is 0 Å². The molecule has 3 rings (SSSR count). The molecule has 1 aromatic rings. The molecule has 0 spiro atoms. The Hall–Kier alpha value is -2.08. The Balaban J connectivity index is 1.89. The normalized spacial score (nSPS) is 23.1. The summed E-state index contributed by atoms with van der Waals surface area (Å²) in [4.78, 5) is 14.3. The summed E-state index contributed by atoms with van der Waals surface area (Å²) < 4.78 is 30.1. The van der Waals surface area contributed by atoms with Gasteiger partial charge in [0, 0.05) is 6.07 Å². The fourth-order valence-corrected chi connectivity index (χ4v) is 3.28. The molecule has 0 aromatic heterocycles. The van der Waals surface area contributed by atoms with E-state index in [1.807, 2.05) is 32.9 Å². The van der Waals surface area contributed by atoms with Crippen molar-refractivity contribution >= 4 is 11.7 Å². The molecule has 0 saturated carbocycles. The predicted octanol–water partition coefficient (Wildman–Crippen LogP) is 3.63. The monoisotopic (exact) mass is 349 g/mol. The summed E-state index contributed by atoms with van der Waals surface area (Å²) in [5, 5.41) is 0. The summed E-state index contributed by atoms with van der Waals surface area (Å²) in [5.74, 6) is 0.137. The van der Waals surface area contributed by atoms with Crippen molar-refractivity contribution in [3.63, 3.8) is 0 Å². The highest BCUT2D eigenvalue weighted by Crippen LogP contribution is 2.35. The van der Waals surface area contributed by atoms with Gasteiger partial charge in [-0.2, -0.15) is 0 Å². The van der Waals surface area contributed by atoms with E-state index < -0.39 is 5.60 Å². The maximum atomic E-state index is 13.8. The molecule has 25 heavy (non-hydrogen) atoms.